The van der Waals surface area contributed by atoms with Crippen LogP contribution in [-0.4, -0.2) is 5.91 Å². The molecule has 4 heteroatoms. The Hall–Kier alpha value is -0.540. The van der Waals surface area contributed by atoms with E-state index < -0.39 is 0 Å². The summed E-state index contributed by atoms with van der Waals surface area (Å²) >= 11 is 9.17. The quantitative estimate of drug-likeness (QED) is 0.826. The van der Waals surface area contributed by atoms with Crippen molar-refractivity contribution in [3.63, 3.8) is 0 Å². The van der Waals surface area contributed by atoms with Crippen molar-refractivity contribution in [2.75, 3.05) is 5.32 Å². The summed E-state index contributed by atoms with van der Waals surface area (Å²) in [7, 11) is 0. The number of hydrogen-bond acceptors (Lipinski definition) is 1. The summed E-state index contributed by atoms with van der Waals surface area (Å²) in [6, 6.07) is 3.59. The van der Waals surface area contributed by atoms with Crippen molar-refractivity contribution in [1.29, 1.82) is 0 Å². The first-order valence-corrected chi connectivity index (χ1v) is 4.91. The Balaban J connectivity index is 3.08. The van der Waals surface area contributed by atoms with Crippen LogP contribution in [0.25, 0.3) is 0 Å². The van der Waals surface area contributed by atoms with Crippen LogP contribution in [0, 0.1) is 6.92 Å². The van der Waals surface area contributed by atoms with Gasteiger partial charge < -0.3 is 5.32 Å². The number of carbonyl (C=O) groups excluding carboxylic acids is 1. The van der Waals surface area contributed by atoms with Crippen molar-refractivity contribution in [3.05, 3.63) is 27.2 Å². The Morgan fingerprint density at radius 2 is 2.15 bits per heavy atom. The minimum Gasteiger partial charge on any atom is -0.326 e. The standard InChI is InChI=1S/C9H9BrClNO/c1-5-3-7(10)8(11)4-9(5)12-6(2)13/h3-4H,1-2H3,(H,12,13). The highest BCUT2D eigenvalue weighted by molar-refractivity contribution is 9.10. The van der Waals surface area contributed by atoms with Gasteiger partial charge in [0.1, 0.15) is 0 Å². The van der Waals surface area contributed by atoms with Gasteiger partial charge >= 0.3 is 0 Å². The molecule has 2 nitrogen and oxygen atoms in total. The van der Waals surface area contributed by atoms with Crippen LogP contribution in [0.1, 0.15) is 12.5 Å². The zero-order chi connectivity index (χ0) is 10.0. The van der Waals surface area contributed by atoms with E-state index in [1.54, 1.807) is 6.07 Å². The van der Waals surface area contributed by atoms with Crippen LogP contribution >= 0.6 is 27.5 Å². The lowest BCUT2D eigenvalue weighted by atomic mass is 10.2. The first-order chi connectivity index (χ1) is 6.00. The molecule has 0 radical (unpaired) electrons. The molecule has 0 aliphatic rings. The molecule has 0 unspecified atom stereocenters. The molecule has 1 rings (SSSR count). The van der Waals surface area contributed by atoms with Gasteiger partial charge in [0, 0.05) is 17.1 Å². The van der Waals surface area contributed by atoms with Crippen molar-refractivity contribution in [2.45, 2.75) is 13.8 Å². The Bertz CT molecular complexity index is 352. The second-order valence-electron chi connectivity index (χ2n) is 2.76. The fraction of sp³-hybridized carbons (Fsp3) is 0.222. The molecule has 0 aliphatic heterocycles. The first-order valence-electron chi connectivity index (χ1n) is 3.74. The third kappa shape index (κ3) is 2.71. The lowest BCUT2D eigenvalue weighted by Gasteiger charge is -2.07. The van der Waals surface area contributed by atoms with Crippen molar-refractivity contribution in [2.24, 2.45) is 0 Å². The van der Waals surface area contributed by atoms with Gasteiger partial charge in [0.05, 0.1) is 5.02 Å². The van der Waals surface area contributed by atoms with Crippen LogP contribution in [0.15, 0.2) is 16.6 Å². The summed E-state index contributed by atoms with van der Waals surface area (Å²) in [6.45, 7) is 3.38. The smallest absolute Gasteiger partial charge is 0.221 e. The van der Waals surface area contributed by atoms with Crippen LogP contribution in [0.5, 0.6) is 0 Å². The average Bonchev–Trinajstić information content (AvgIpc) is 1.99. The minimum atomic E-state index is -0.0958. The monoisotopic (exact) mass is 261 g/mol. The predicted octanol–water partition coefficient (Wildman–Crippen LogP) is 3.37. The van der Waals surface area contributed by atoms with E-state index in [9.17, 15) is 4.79 Å². The zero-order valence-electron chi connectivity index (χ0n) is 7.32. The molecule has 0 atom stereocenters. The maximum atomic E-state index is 10.8. The summed E-state index contributed by atoms with van der Waals surface area (Å²) in [4.78, 5) is 10.8. The maximum Gasteiger partial charge on any atom is 0.221 e. The lowest BCUT2D eigenvalue weighted by molar-refractivity contribution is -0.114. The lowest BCUT2D eigenvalue weighted by Crippen LogP contribution is -2.07. The van der Waals surface area contributed by atoms with Crippen molar-refractivity contribution < 1.29 is 4.79 Å². The van der Waals surface area contributed by atoms with Gasteiger partial charge in [0.15, 0.2) is 0 Å². The highest BCUT2D eigenvalue weighted by atomic mass is 79.9. The number of benzene rings is 1. The minimum absolute atomic E-state index is 0.0958. The van der Waals surface area contributed by atoms with Gasteiger partial charge in [0.2, 0.25) is 5.91 Å². The number of carbonyl (C=O) groups is 1. The van der Waals surface area contributed by atoms with Gasteiger partial charge in [-0.1, -0.05) is 11.6 Å². The molecule has 0 heterocycles. The van der Waals surface area contributed by atoms with Crippen LogP contribution < -0.4 is 5.32 Å². The summed E-state index contributed by atoms with van der Waals surface area (Å²) < 4.78 is 0.834. The molecule has 0 spiro atoms. The zero-order valence-corrected chi connectivity index (χ0v) is 9.66. The highest BCUT2D eigenvalue weighted by Gasteiger charge is 2.04. The Morgan fingerprint density at radius 1 is 1.54 bits per heavy atom. The Kier molecular flexibility index (Phi) is 3.33. The van der Waals surface area contributed by atoms with Crippen LogP contribution in [0.2, 0.25) is 5.02 Å². The number of anilines is 1. The number of amides is 1. The Morgan fingerprint density at radius 3 is 2.69 bits per heavy atom. The van der Waals surface area contributed by atoms with E-state index in [1.807, 2.05) is 13.0 Å². The van der Waals surface area contributed by atoms with Crippen LogP contribution in [-0.2, 0) is 4.79 Å². The fourth-order valence-electron chi connectivity index (χ4n) is 0.971. The molecule has 13 heavy (non-hydrogen) atoms. The molecule has 0 saturated heterocycles. The van der Waals surface area contributed by atoms with Crippen molar-refractivity contribution in [1.82, 2.24) is 0 Å². The molecule has 1 N–H and O–H groups in total. The molecule has 0 saturated carbocycles. The van der Waals surface area contributed by atoms with E-state index in [1.165, 1.54) is 6.92 Å². The molecule has 0 aliphatic carbocycles. The second-order valence-corrected chi connectivity index (χ2v) is 4.02. The highest BCUT2D eigenvalue weighted by Crippen LogP contribution is 2.28. The SMILES string of the molecule is CC(=O)Nc1cc(Cl)c(Br)cc1C. The first kappa shape index (κ1) is 10.5. The van der Waals surface area contributed by atoms with Gasteiger partial charge in [-0.15, -0.1) is 0 Å². The maximum absolute atomic E-state index is 10.8. The summed E-state index contributed by atoms with van der Waals surface area (Å²) in [5.41, 5.74) is 1.73. The fourth-order valence-corrected chi connectivity index (χ4v) is 1.59. The third-order valence-electron chi connectivity index (χ3n) is 1.58. The molecule has 0 aromatic heterocycles. The average molecular weight is 263 g/mol. The van der Waals surface area contributed by atoms with E-state index in [2.05, 4.69) is 21.2 Å². The van der Waals surface area contributed by atoms with E-state index in [0.29, 0.717) is 5.02 Å². The van der Waals surface area contributed by atoms with Crippen LogP contribution in [0.3, 0.4) is 0 Å². The molecule has 1 amide bonds. The molecular formula is C9H9BrClNO. The third-order valence-corrected chi connectivity index (χ3v) is 2.78. The van der Waals surface area contributed by atoms with E-state index in [0.717, 1.165) is 15.7 Å². The number of halogens is 2. The molecule has 0 bridgehead atoms. The molecule has 0 fully saturated rings. The summed E-state index contributed by atoms with van der Waals surface area (Å²) in [5, 5.41) is 3.29. The molecule has 1 aromatic carbocycles. The van der Waals surface area contributed by atoms with Gasteiger partial charge in [-0.05, 0) is 40.5 Å². The topological polar surface area (TPSA) is 29.1 Å². The van der Waals surface area contributed by atoms with Crippen molar-refractivity contribution in [3.8, 4) is 0 Å². The summed E-state index contributed by atoms with van der Waals surface area (Å²) in [6.07, 6.45) is 0. The van der Waals surface area contributed by atoms with Crippen molar-refractivity contribution >= 4 is 39.1 Å². The van der Waals surface area contributed by atoms with E-state index in [4.69, 9.17) is 11.6 Å². The van der Waals surface area contributed by atoms with Gasteiger partial charge in [0.25, 0.3) is 0 Å². The van der Waals surface area contributed by atoms with Gasteiger partial charge in [-0.2, -0.15) is 0 Å². The van der Waals surface area contributed by atoms with E-state index >= 15 is 0 Å². The Labute approximate surface area is 90.4 Å². The predicted molar refractivity (Wildman–Crippen MR) is 58.2 cm³/mol. The number of hydrogen-bond donors (Lipinski definition) is 1. The number of aryl methyl sites for hydroxylation is 1. The van der Waals surface area contributed by atoms with Crippen LogP contribution in [0.4, 0.5) is 5.69 Å². The van der Waals surface area contributed by atoms with Gasteiger partial charge in [-0.3, -0.25) is 4.79 Å². The number of nitrogens with one attached hydrogen (secondary N) is 1. The summed E-state index contributed by atoms with van der Waals surface area (Å²) in [5.74, 6) is -0.0958. The normalized spacial score (nSPS) is 9.85. The largest absolute Gasteiger partial charge is 0.326 e. The number of rotatable bonds is 1. The second kappa shape index (κ2) is 4.11. The van der Waals surface area contributed by atoms with E-state index in [-0.39, 0.29) is 5.91 Å². The molecule has 70 valence electrons. The molecule has 1 aromatic rings. The molecular weight excluding hydrogens is 253 g/mol. The van der Waals surface area contributed by atoms with Gasteiger partial charge in [-0.25, -0.2) is 0 Å².